The van der Waals surface area contributed by atoms with Crippen LogP contribution < -0.4 is 14.8 Å². The van der Waals surface area contributed by atoms with Crippen LogP contribution in [0, 0.1) is 0 Å². The predicted octanol–water partition coefficient (Wildman–Crippen LogP) is 0.927. The van der Waals surface area contributed by atoms with Gasteiger partial charge in [-0.2, -0.15) is 0 Å². The minimum atomic E-state index is -0.180. The van der Waals surface area contributed by atoms with Crippen LogP contribution in [-0.4, -0.2) is 31.0 Å². The van der Waals surface area contributed by atoms with E-state index in [1.54, 1.807) is 6.08 Å². The lowest BCUT2D eigenvalue weighted by Gasteiger charge is -2.00. The van der Waals surface area contributed by atoms with Gasteiger partial charge in [0.25, 0.3) is 0 Å². The number of amides is 1. The van der Waals surface area contributed by atoms with E-state index in [1.807, 2.05) is 18.2 Å². The number of rotatable bonds is 5. The zero-order valence-electron chi connectivity index (χ0n) is 9.89. The van der Waals surface area contributed by atoms with Gasteiger partial charge in [-0.3, -0.25) is 4.79 Å². The van der Waals surface area contributed by atoms with E-state index in [1.165, 1.54) is 6.08 Å². The van der Waals surface area contributed by atoms with Gasteiger partial charge in [0.2, 0.25) is 12.7 Å². The molecule has 0 unspecified atom stereocenters. The van der Waals surface area contributed by atoms with Crippen molar-refractivity contribution < 1.29 is 19.4 Å². The molecule has 0 spiro atoms. The molecule has 1 aromatic rings. The Labute approximate surface area is 105 Å². The molecule has 1 aliphatic rings. The van der Waals surface area contributed by atoms with Crippen molar-refractivity contribution in [2.45, 2.75) is 6.42 Å². The van der Waals surface area contributed by atoms with Gasteiger partial charge >= 0.3 is 0 Å². The maximum absolute atomic E-state index is 11.4. The lowest BCUT2D eigenvalue weighted by atomic mass is 10.2. The topological polar surface area (TPSA) is 67.8 Å². The van der Waals surface area contributed by atoms with Crippen LogP contribution in [0.3, 0.4) is 0 Å². The van der Waals surface area contributed by atoms with Crippen LogP contribution in [0.4, 0.5) is 0 Å². The number of fused-ring (bicyclic) bond motifs is 1. The maximum Gasteiger partial charge on any atom is 0.244 e. The molecule has 0 saturated heterocycles. The van der Waals surface area contributed by atoms with Crippen molar-refractivity contribution in [1.29, 1.82) is 0 Å². The molecule has 0 aromatic heterocycles. The number of aliphatic hydroxyl groups excluding tert-OH is 1. The average molecular weight is 249 g/mol. The number of carbonyl (C=O) groups is 1. The Morgan fingerprint density at radius 3 is 3.06 bits per heavy atom. The highest BCUT2D eigenvalue weighted by Crippen LogP contribution is 2.32. The standard InChI is InChI=1S/C13H15NO4/c15-7-1-6-14-13(16)5-3-10-2-4-11-12(8-10)18-9-17-11/h2-5,8,15H,1,6-7,9H2,(H,14,16)/b5-3+. The van der Waals surface area contributed by atoms with Crippen LogP contribution in [0.2, 0.25) is 0 Å². The third-order valence-corrected chi connectivity index (χ3v) is 2.46. The van der Waals surface area contributed by atoms with Crippen molar-refractivity contribution in [3.05, 3.63) is 29.8 Å². The minimum Gasteiger partial charge on any atom is -0.454 e. The fourth-order valence-electron chi connectivity index (χ4n) is 1.54. The summed E-state index contributed by atoms with van der Waals surface area (Å²) >= 11 is 0. The summed E-state index contributed by atoms with van der Waals surface area (Å²) in [6.07, 6.45) is 3.72. The lowest BCUT2D eigenvalue weighted by Crippen LogP contribution is -2.22. The summed E-state index contributed by atoms with van der Waals surface area (Å²) in [5, 5.41) is 11.2. The van der Waals surface area contributed by atoms with Crippen molar-refractivity contribution in [3.8, 4) is 11.5 Å². The molecule has 0 bridgehead atoms. The van der Waals surface area contributed by atoms with E-state index in [2.05, 4.69) is 5.32 Å². The Balaban J connectivity index is 1.90. The van der Waals surface area contributed by atoms with Crippen molar-refractivity contribution >= 4 is 12.0 Å². The Bertz CT molecular complexity index is 456. The summed E-state index contributed by atoms with van der Waals surface area (Å²) in [4.78, 5) is 11.4. The average Bonchev–Trinajstić information content (AvgIpc) is 2.84. The summed E-state index contributed by atoms with van der Waals surface area (Å²) in [5.74, 6) is 1.23. The largest absolute Gasteiger partial charge is 0.454 e. The number of hydrogen-bond donors (Lipinski definition) is 2. The van der Waals surface area contributed by atoms with Crippen LogP contribution in [0.5, 0.6) is 11.5 Å². The maximum atomic E-state index is 11.4. The van der Waals surface area contributed by atoms with E-state index in [-0.39, 0.29) is 19.3 Å². The second-order valence-corrected chi connectivity index (χ2v) is 3.81. The Morgan fingerprint density at radius 1 is 1.39 bits per heavy atom. The number of aliphatic hydroxyl groups is 1. The fraction of sp³-hybridized carbons (Fsp3) is 0.308. The van der Waals surface area contributed by atoms with E-state index >= 15 is 0 Å². The molecular weight excluding hydrogens is 234 g/mol. The zero-order valence-corrected chi connectivity index (χ0v) is 9.89. The highest BCUT2D eigenvalue weighted by atomic mass is 16.7. The second-order valence-electron chi connectivity index (χ2n) is 3.81. The molecular formula is C13H15NO4. The van der Waals surface area contributed by atoms with E-state index in [9.17, 15) is 4.79 Å². The Hall–Kier alpha value is -2.01. The highest BCUT2D eigenvalue weighted by molar-refractivity contribution is 5.91. The molecule has 18 heavy (non-hydrogen) atoms. The van der Waals surface area contributed by atoms with Crippen LogP contribution in [0.15, 0.2) is 24.3 Å². The Kier molecular flexibility index (Phi) is 4.20. The molecule has 0 radical (unpaired) electrons. The van der Waals surface area contributed by atoms with Gasteiger partial charge in [-0.25, -0.2) is 0 Å². The van der Waals surface area contributed by atoms with Crippen LogP contribution in [0.25, 0.3) is 6.08 Å². The summed E-state index contributed by atoms with van der Waals surface area (Å²) < 4.78 is 10.4. The quantitative estimate of drug-likeness (QED) is 0.601. The molecule has 0 fully saturated rings. The minimum absolute atomic E-state index is 0.0756. The summed E-state index contributed by atoms with van der Waals surface area (Å²) in [6.45, 7) is 0.789. The molecule has 2 N–H and O–H groups in total. The monoisotopic (exact) mass is 249 g/mol. The predicted molar refractivity (Wildman–Crippen MR) is 66.3 cm³/mol. The van der Waals surface area contributed by atoms with Crippen molar-refractivity contribution in [1.82, 2.24) is 5.32 Å². The van der Waals surface area contributed by atoms with Gasteiger partial charge in [-0.05, 0) is 30.2 Å². The summed E-state index contributed by atoms with van der Waals surface area (Å²) in [6, 6.07) is 5.48. The molecule has 0 saturated carbocycles. The first kappa shape index (κ1) is 12.4. The first-order chi connectivity index (χ1) is 8.79. The van der Waals surface area contributed by atoms with Crippen molar-refractivity contribution in [2.75, 3.05) is 19.9 Å². The van der Waals surface area contributed by atoms with Gasteiger partial charge < -0.3 is 19.9 Å². The van der Waals surface area contributed by atoms with E-state index < -0.39 is 0 Å². The highest BCUT2D eigenvalue weighted by Gasteiger charge is 2.12. The van der Waals surface area contributed by atoms with Crippen molar-refractivity contribution in [3.63, 3.8) is 0 Å². The molecule has 2 rings (SSSR count). The van der Waals surface area contributed by atoms with Crippen LogP contribution in [0.1, 0.15) is 12.0 Å². The third kappa shape index (κ3) is 3.24. The smallest absolute Gasteiger partial charge is 0.244 e. The molecule has 1 aliphatic heterocycles. The first-order valence-corrected chi connectivity index (χ1v) is 5.76. The molecule has 1 aromatic carbocycles. The van der Waals surface area contributed by atoms with E-state index in [4.69, 9.17) is 14.6 Å². The molecule has 0 atom stereocenters. The number of hydrogen-bond acceptors (Lipinski definition) is 4. The number of carbonyl (C=O) groups excluding carboxylic acids is 1. The summed E-state index contributed by atoms with van der Waals surface area (Å²) in [7, 11) is 0. The van der Waals surface area contributed by atoms with E-state index in [0.717, 1.165) is 11.3 Å². The number of ether oxygens (including phenoxy) is 2. The molecule has 96 valence electrons. The number of benzene rings is 1. The van der Waals surface area contributed by atoms with Crippen molar-refractivity contribution in [2.24, 2.45) is 0 Å². The fourth-order valence-corrected chi connectivity index (χ4v) is 1.54. The molecule has 5 nitrogen and oxygen atoms in total. The molecule has 1 amide bonds. The Morgan fingerprint density at radius 2 is 2.22 bits per heavy atom. The molecule has 0 aliphatic carbocycles. The normalized spacial score (nSPS) is 12.9. The lowest BCUT2D eigenvalue weighted by molar-refractivity contribution is -0.116. The van der Waals surface area contributed by atoms with Gasteiger partial charge in [0.05, 0.1) is 0 Å². The zero-order chi connectivity index (χ0) is 12.8. The van der Waals surface area contributed by atoms with Gasteiger partial charge in [0.1, 0.15) is 0 Å². The first-order valence-electron chi connectivity index (χ1n) is 5.76. The third-order valence-electron chi connectivity index (χ3n) is 2.46. The van der Waals surface area contributed by atoms with E-state index in [0.29, 0.717) is 18.7 Å². The van der Waals surface area contributed by atoms with Crippen LogP contribution in [-0.2, 0) is 4.79 Å². The van der Waals surface area contributed by atoms with Gasteiger partial charge in [0.15, 0.2) is 11.5 Å². The van der Waals surface area contributed by atoms with Gasteiger partial charge in [-0.15, -0.1) is 0 Å². The number of nitrogens with one attached hydrogen (secondary N) is 1. The molecule has 5 heteroatoms. The van der Waals surface area contributed by atoms with Gasteiger partial charge in [-0.1, -0.05) is 6.07 Å². The second kappa shape index (κ2) is 6.07. The molecule has 1 heterocycles. The SMILES string of the molecule is O=C(/C=C/c1ccc2c(c1)OCO2)NCCCO. The van der Waals surface area contributed by atoms with Gasteiger partial charge in [0, 0.05) is 19.2 Å². The summed E-state index contributed by atoms with van der Waals surface area (Å²) in [5.41, 5.74) is 0.872. The van der Waals surface area contributed by atoms with Crippen LogP contribution >= 0.6 is 0 Å².